The number of para-hydroxylation sites is 1. The maximum atomic E-state index is 14.1. The Kier molecular flexibility index (Phi) is 7.84. The van der Waals surface area contributed by atoms with Crippen molar-refractivity contribution in [3.8, 4) is 0 Å². The van der Waals surface area contributed by atoms with Crippen molar-refractivity contribution in [3.63, 3.8) is 0 Å². The Morgan fingerprint density at radius 3 is 2.33 bits per heavy atom. The first-order chi connectivity index (χ1) is 15.7. The Hall–Kier alpha value is -3.23. The minimum absolute atomic E-state index is 0.0396. The topological polar surface area (TPSA) is 83.6 Å². The van der Waals surface area contributed by atoms with Gasteiger partial charge in [-0.2, -0.15) is 0 Å². The van der Waals surface area contributed by atoms with Crippen LogP contribution in [0.4, 0.5) is 15.8 Å². The van der Waals surface area contributed by atoms with E-state index in [1.165, 1.54) is 30.3 Å². The summed E-state index contributed by atoms with van der Waals surface area (Å²) in [5.41, 5.74) is 0.913. The molecular formula is C24H22ClFN2O4S. The summed E-state index contributed by atoms with van der Waals surface area (Å²) < 4.78 is 39.3. The summed E-state index contributed by atoms with van der Waals surface area (Å²) in [6.45, 7) is -0.0798. The Bertz CT molecular complexity index is 1270. The number of anilines is 2. The summed E-state index contributed by atoms with van der Waals surface area (Å²) in [6, 6.07) is 18.7. The number of rotatable bonds is 9. The van der Waals surface area contributed by atoms with Crippen LogP contribution < -0.4 is 9.62 Å². The molecule has 0 heterocycles. The molecule has 3 aromatic rings. The number of hydrogen-bond acceptors (Lipinski definition) is 4. The molecule has 1 N–H and O–H groups in total. The predicted octanol–water partition coefficient (Wildman–Crippen LogP) is 4.90. The minimum Gasteiger partial charge on any atom is -0.325 e. The molecule has 0 aromatic heterocycles. The van der Waals surface area contributed by atoms with E-state index in [0.717, 1.165) is 10.6 Å². The summed E-state index contributed by atoms with van der Waals surface area (Å²) in [6.07, 6.45) is 1.08. The molecular weight excluding hydrogens is 467 g/mol. The summed E-state index contributed by atoms with van der Waals surface area (Å²) in [5, 5.41) is 3.04. The fourth-order valence-electron chi connectivity index (χ4n) is 3.27. The zero-order chi connectivity index (χ0) is 24.0. The maximum absolute atomic E-state index is 14.1. The molecule has 172 valence electrons. The van der Waals surface area contributed by atoms with Crippen molar-refractivity contribution in [1.82, 2.24) is 0 Å². The first-order valence-corrected chi connectivity index (χ1v) is 12.3. The van der Waals surface area contributed by atoms with E-state index in [9.17, 15) is 22.4 Å². The fraction of sp³-hybridized carbons (Fsp3) is 0.167. The largest absolute Gasteiger partial charge is 0.325 e. The quantitative estimate of drug-likeness (QED) is 0.434. The van der Waals surface area contributed by atoms with Crippen molar-refractivity contribution in [3.05, 3.63) is 94.8 Å². The van der Waals surface area contributed by atoms with Crippen molar-refractivity contribution in [2.24, 2.45) is 0 Å². The van der Waals surface area contributed by atoms with Crippen LogP contribution in [0.1, 0.15) is 28.8 Å². The lowest BCUT2D eigenvalue weighted by Crippen LogP contribution is -2.32. The Balaban J connectivity index is 1.70. The van der Waals surface area contributed by atoms with E-state index in [4.69, 9.17) is 11.6 Å². The van der Waals surface area contributed by atoms with Crippen LogP contribution in [0.25, 0.3) is 0 Å². The number of hydrogen-bond donors (Lipinski definition) is 1. The van der Waals surface area contributed by atoms with E-state index in [-0.39, 0.29) is 36.4 Å². The van der Waals surface area contributed by atoms with E-state index in [1.54, 1.807) is 42.5 Å². The molecule has 3 rings (SSSR count). The lowest BCUT2D eigenvalue weighted by molar-refractivity contribution is -0.116. The smallest absolute Gasteiger partial charge is 0.232 e. The molecule has 6 nitrogen and oxygen atoms in total. The van der Waals surface area contributed by atoms with E-state index in [2.05, 4.69) is 5.32 Å². The third-order valence-corrected chi connectivity index (χ3v) is 6.24. The van der Waals surface area contributed by atoms with Gasteiger partial charge >= 0.3 is 0 Å². The normalized spacial score (nSPS) is 11.1. The lowest BCUT2D eigenvalue weighted by Gasteiger charge is -2.22. The van der Waals surface area contributed by atoms with E-state index >= 15 is 0 Å². The SMILES string of the molecule is CS(=O)(=O)N(CCCC(=O)Nc1ccc(Cl)cc1C(=O)c1ccccc1)c1ccccc1F. The number of amides is 1. The van der Waals surface area contributed by atoms with Gasteiger partial charge in [-0.15, -0.1) is 0 Å². The molecule has 1 amide bonds. The zero-order valence-corrected chi connectivity index (χ0v) is 19.4. The van der Waals surface area contributed by atoms with Crippen LogP contribution in [-0.4, -0.2) is 32.9 Å². The summed E-state index contributed by atoms with van der Waals surface area (Å²) >= 11 is 6.06. The highest BCUT2D eigenvalue weighted by Crippen LogP contribution is 2.25. The third kappa shape index (κ3) is 6.40. The first kappa shape index (κ1) is 24.4. The second-order valence-corrected chi connectivity index (χ2v) is 9.67. The summed E-state index contributed by atoms with van der Waals surface area (Å²) in [5.74, 6) is -1.38. The first-order valence-electron chi connectivity index (χ1n) is 10.1. The molecule has 0 atom stereocenters. The molecule has 33 heavy (non-hydrogen) atoms. The Morgan fingerprint density at radius 1 is 1.00 bits per heavy atom. The van der Waals surface area contributed by atoms with Crippen molar-refractivity contribution >= 4 is 44.7 Å². The molecule has 0 aliphatic carbocycles. The standard InChI is InChI=1S/C24H22ClFN2O4S/c1-33(31,32)28(22-11-6-5-10-20(22)26)15-7-12-23(29)27-21-14-13-18(25)16-19(21)24(30)17-8-3-2-4-9-17/h2-6,8-11,13-14,16H,7,12,15H2,1H3,(H,27,29). The van der Waals surface area contributed by atoms with Crippen LogP contribution in [0.2, 0.25) is 5.02 Å². The van der Waals surface area contributed by atoms with Gasteiger partial charge in [0.05, 0.1) is 17.6 Å². The highest BCUT2D eigenvalue weighted by atomic mass is 35.5. The van der Waals surface area contributed by atoms with Crippen LogP contribution >= 0.6 is 11.6 Å². The van der Waals surface area contributed by atoms with E-state index < -0.39 is 21.7 Å². The molecule has 9 heteroatoms. The predicted molar refractivity (Wildman–Crippen MR) is 128 cm³/mol. The van der Waals surface area contributed by atoms with E-state index in [0.29, 0.717) is 16.3 Å². The van der Waals surface area contributed by atoms with Crippen LogP contribution in [-0.2, 0) is 14.8 Å². The van der Waals surface area contributed by atoms with Gasteiger partial charge in [-0.3, -0.25) is 13.9 Å². The van der Waals surface area contributed by atoms with Gasteiger partial charge in [-0.1, -0.05) is 54.1 Å². The molecule has 0 fully saturated rings. The number of benzene rings is 3. The molecule has 0 unspecified atom stereocenters. The van der Waals surface area contributed by atoms with Gasteiger partial charge < -0.3 is 5.32 Å². The summed E-state index contributed by atoms with van der Waals surface area (Å²) in [7, 11) is -3.75. The number of carbonyl (C=O) groups excluding carboxylic acids is 2. The number of sulfonamides is 1. The van der Waals surface area contributed by atoms with Gasteiger partial charge in [0.15, 0.2) is 5.78 Å². The van der Waals surface area contributed by atoms with Crippen molar-refractivity contribution < 1.29 is 22.4 Å². The highest BCUT2D eigenvalue weighted by molar-refractivity contribution is 7.92. The van der Waals surface area contributed by atoms with E-state index in [1.807, 2.05) is 0 Å². The fourth-order valence-corrected chi connectivity index (χ4v) is 4.41. The number of carbonyl (C=O) groups is 2. The van der Waals surface area contributed by atoms with Gasteiger partial charge in [0, 0.05) is 29.1 Å². The molecule has 0 radical (unpaired) electrons. The average Bonchev–Trinajstić information content (AvgIpc) is 2.78. The molecule has 0 aliphatic rings. The molecule has 0 saturated carbocycles. The molecule has 0 saturated heterocycles. The number of ketones is 1. The number of nitrogens with one attached hydrogen (secondary N) is 1. The van der Waals surface area contributed by atoms with Crippen molar-refractivity contribution in [2.75, 3.05) is 22.4 Å². The van der Waals surface area contributed by atoms with Gasteiger partial charge in [-0.05, 0) is 36.8 Å². The van der Waals surface area contributed by atoms with Crippen LogP contribution in [0.5, 0.6) is 0 Å². The lowest BCUT2D eigenvalue weighted by atomic mass is 10.0. The number of nitrogens with zero attached hydrogens (tertiary/aromatic N) is 1. The second-order valence-electron chi connectivity index (χ2n) is 7.32. The van der Waals surface area contributed by atoms with Crippen LogP contribution in [0.15, 0.2) is 72.8 Å². The Morgan fingerprint density at radius 2 is 1.67 bits per heavy atom. The molecule has 3 aromatic carbocycles. The molecule has 0 aliphatic heterocycles. The van der Waals surface area contributed by atoms with Crippen LogP contribution in [0, 0.1) is 5.82 Å². The maximum Gasteiger partial charge on any atom is 0.232 e. The zero-order valence-electron chi connectivity index (χ0n) is 17.8. The van der Waals surface area contributed by atoms with Gasteiger partial charge in [0.1, 0.15) is 5.82 Å². The molecule has 0 spiro atoms. The summed E-state index contributed by atoms with van der Waals surface area (Å²) in [4.78, 5) is 25.4. The van der Waals surface area contributed by atoms with Gasteiger partial charge in [0.25, 0.3) is 0 Å². The average molecular weight is 489 g/mol. The van der Waals surface area contributed by atoms with Crippen molar-refractivity contribution in [1.29, 1.82) is 0 Å². The van der Waals surface area contributed by atoms with Crippen LogP contribution in [0.3, 0.4) is 0 Å². The Labute approximate surface area is 197 Å². The van der Waals surface area contributed by atoms with Crippen molar-refractivity contribution in [2.45, 2.75) is 12.8 Å². The second kappa shape index (κ2) is 10.6. The monoisotopic (exact) mass is 488 g/mol. The van der Waals surface area contributed by atoms with Gasteiger partial charge in [0.2, 0.25) is 15.9 Å². The minimum atomic E-state index is -3.75. The highest BCUT2D eigenvalue weighted by Gasteiger charge is 2.21. The van der Waals surface area contributed by atoms with Gasteiger partial charge in [-0.25, -0.2) is 12.8 Å². The molecule has 0 bridgehead atoms. The third-order valence-electron chi connectivity index (χ3n) is 4.82. The number of halogens is 2.